The fraction of sp³-hybridized carbons (Fsp3) is 0.889. The number of hydrogen-bond acceptors (Lipinski definition) is 1. The molecule has 0 spiro atoms. The lowest BCUT2D eigenvalue weighted by Crippen LogP contribution is -2.45. The molecule has 0 aromatic rings. The Morgan fingerprint density at radius 1 is 1.58 bits per heavy atom. The SMILES string of the molecule is CCCC(C)(C)N1CCNC1=O. The van der Waals surface area contributed by atoms with Crippen molar-refractivity contribution in [2.45, 2.75) is 39.2 Å². The van der Waals surface area contributed by atoms with Gasteiger partial charge in [0.25, 0.3) is 0 Å². The van der Waals surface area contributed by atoms with Crippen LogP contribution >= 0.6 is 0 Å². The van der Waals surface area contributed by atoms with Crippen molar-refractivity contribution in [1.29, 1.82) is 0 Å². The van der Waals surface area contributed by atoms with Crippen LogP contribution < -0.4 is 5.32 Å². The zero-order valence-corrected chi connectivity index (χ0v) is 8.18. The molecule has 0 saturated carbocycles. The summed E-state index contributed by atoms with van der Waals surface area (Å²) in [6.07, 6.45) is 2.19. The van der Waals surface area contributed by atoms with Crippen LogP contribution in [0.15, 0.2) is 0 Å². The molecule has 70 valence electrons. The second-order valence-electron chi connectivity index (χ2n) is 3.95. The maximum atomic E-state index is 11.3. The zero-order chi connectivity index (χ0) is 9.19. The van der Waals surface area contributed by atoms with Gasteiger partial charge >= 0.3 is 6.03 Å². The Balaban J connectivity index is 2.60. The summed E-state index contributed by atoms with van der Waals surface area (Å²) in [6, 6.07) is 0.0912. The molecule has 0 bridgehead atoms. The number of carbonyl (C=O) groups excluding carboxylic acids is 1. The van der Waals surface area contributed by atoms with E-state index in [9.17, 15) is 4.79 Å². The third-order valence-corrected chi connectivity index (χ3v) is 2.45. The van der Waals surface area contributed by atoms with Gasteiger partial charge in [0.05, 0.1) is 0 Å². The van der Waals surface area contributed by atoms with Crippen molar-refractivity contribution in [1.82, 2.24) is 10.2 Å². The molecule has 0 aromatic heterocycles. The first-order valence-electron chi connectivity index (χ1n) is 4.63. The average molecular weight is 170 g/mol. The molecule has 0 aliphatic carbocycles. The summed E-state index contributed by atoms with van der Waals surface area (Å²) in [4.78, 5) is 13.2. The summed E-state index contributed by atoms with van der Waals surface area (Å²) in [6.45, 7) is 8.05. The Morgan fingerprint density at radius 3 is 2.67 bits per heavy atom. The fourth-order valence-corrected chi connectivity index (χ4v) is 1.80. The lowest BCUT2D eigenvalue weighted by atomic mass is 9.97. The molecule has 0 atom stereocenters. The highest BCUT2D eigenvalue weighted by molar-refractivity contribution is 5.77. The van der Waals surface area contributed by atoms with Crippen molar-refractivity contribution in [3.8, 4) is 0 Å². The lowest BCUT2D eigenvalue weighted by molar-refractivity contribution is 0.152. The van der Waals surface area contributed by atoms with E-state index < -0.39 is 0 Å². The highest BCUT2D eigenvalue weighted by Crippen LogP contribution is 2.21. The van der Waals surface area contributed by atoms with Crippen LogP contribution in [0.1, 0.15) is 33.6 Å². The first-order chi connectivity index (χ1) is 5.58. The van der Waals surface area contributed by atoms with E-state index in [1.165, 1.54) is 0 Å². The van der Waals surface area contributed by atoms with Crippen molar-refractivity contribution >= 4 is 6.03 Å². The average Bonchev–Trinajstić information content (AvgIpc) is 2.35. The second kappa shape index (κ2) is 3.33. The second-order valence-corrected chi connectivity index (χ2v) is 3.95. The molecule has 3 nitrogen and oxygen atoms in total. The lowest BCUT2D eigenvalue weighted by Gasteiger charge is -2.34. The van der Waals surface area contributed by atoms with Gasteiger partial charge in [0.15, 0.2) is 0 Å². The van der Waals surface area contributed by atoms with Crippen LogP contribution in [0, 0.1) is 0 Å². The van der Waals surface area contributed by atoms with Gasteiger partial charge in [-0.3, -0.25) is 0 Å². The summed E-state index contributed by atoms with van der Waals surface area (Å²) in [5.41, 5.74) is 0.0231. The molecule has 0 radical (unpaired) electrons. The summed E-state index contributed by atoms with van der Waals surface area (Å²) in [5.74, 6) is 0. The molecule has 0 aromatic carbocycles. The van der Waals surface area contributed by atoms with Crippen LogP contribution in [-0.2, 0) is 0 Å². The summed E-state index contributed by atoms with van der Waals surface area (Å²) in [5, 5.41) is 2.82. The third kappa shape index (κ3) is 1.71. The van der Waals surface area contributed by atoms with Gasteiger partial charge < -0.3 is 10.2 Å². The van der Waals surface area contributed by atoms with Gasteiger partial charge in [0.1, 0.15) is 0 Å². The number of urea groups is 1. The van der Waals surface area contributed by atoms with Gasteiger partial charge in [-0.2, -0.15) is 0 Å². The van der Waals surface area contributed by atoms with Crippen molar-refractivity contribution < 1.29 is 4.79 Å². The highest BCUT2D eigenvalue weighted by atomic mass is 16.2. The van der Waals surface area contributed by atoms with Crippen LogP contribution in [0.5, 0.6) is 0 Å². The maximum Gasteiger partial charge on any atom is 0.317 e. The maximum absolute atomic E-state index is 11.3. The van der Waals surface area contributed by atoms with E-state index in [-0.39, 0.29) is 11.6 Å². The zero-order valence-electron chi connectivity index (χ0n) is 8.18. The quantitative estimate of drug-likeness (QED) is 0.685. The minimum absolute atomic E-state index is 0.0231. The molecule has 1 saturated heterocycles. The highest BCUT2D eigenvalue weighted by Gasteiger charge is 2.32. The molecule has 1 aliphatic heterocycles. The predicted molar refractivity (Wildman–Crippen MR) is 49.1 cm³/mol. The Morgan fingerprint density at radius 2 is 2.25 bits per heavy atom. The van der Waals surface area contributed by atoms with Crippen molar-refractivity contribution in [2.75, 3.05) is 13.1 Å². The number of amides is 2. The smallest absolute Gasteiger partial charge is 0.317 e. The van der Waals surface area contributed by atoms with Crippen LogP contribution in [0.4, 0.5) is 4.79 Å². The van der Waals surface area contributed by atoms with Gasteiger partial charge in [-0.25, -0.2) is 4.79 Å². The van der Waals surface area contributed by atoms with Gasteiger partial charge in [-0.05, 0) is 20.3 Å². The summed E-state index contributed by atoms with van der Waals surface area (Å²) in [7, 11) is 0. The minimum Gasteiger partial charge on any atom is -0.336 e. The Hall–Kier alpha value is -0.730. The van der Waals surface area contributed by atoms with Crippen LogP contribution in [0.2, 0.25) is 0 Å². The van der Waals surface area contributed by atoms with E-state index in [1.807, 2.05) is 4.90 Å². The van der Waals surface area contributed by atoms with Crippen molar-refractivity contribution in [2.24, 2.45) is 0 Å². The monoisotopic (exact) mass is 170 g/mol. The normalized spacial score (nSPS) is 18.2. The van der Waals surface area contributed by atoms with E-state index in [4.69, 9.17) is 0 Å². The van der Waals surface area contributed by atoms with Crippen LogP contribution in [0.3, 0.4) is 0 Å². The molecule has 1 heterocycles. The van der Waals surface area contributed by atoms with Gasteiger partial charge in [-0.15, -0.1) is 0 Å². The van der Waals surface area contributed by atoms with Crippen LogP contribution in [0.25, 0.3) is 0 Å². The van der Waals surface area contributed by atoms with Crippen molar-refractivity contribution in [3.63, 3.8) is 0 Å². The number of nitrogens with zero attached hydrogens (tertiary/aromatic N) is 1. The first kappa shape index (κ1) is 9.36. The molecule has 1 fully saturated rings. The van der Waals surface area contributed by atoms with E-state index in [0.29, 0.717) is 0 Å². The molecule has 0 unspecified atom stereocenters. The van der Waals surface area contributed by atoms with E-state index in [2.05, 4.69) is 26.1 Å². The third-order valence-electron chi connectivity index (χ3n) is 2.45. The Labute approximate surface area is 74.1 Å². The predicted octanol–water partition coefficient (Wildman–Crippen LogP) is 1.59. The van der Waals surface area contributed by atoms with E-state index >= 15 is 0 Å². The molecular weight excluding hydrogens is 152 g/mol. The summed E-state index contributed by atoms with van der Waals surface area (Å²) < 4.78 is 0. The van der Waals surface area contributed by atoms with E-state index in [1.54, 1.807) is 0 Å². The fourth-order valence-electron chi connectivity index (χ4n) is 1.80. The van der Waals surface area contributed by atoms with Crippen LogP contribution in [-0.4, -0.2) is 29.6 Å². The topological polar surface area (TPSA) is 32.3 Å². The van der Waals surface area contributed by atoms with Gasteiger partial charge in [0.2, 0.25) is 0 Å². The molecule has 12 heavy (non-hydrogen) atoms. The molecule has 3 heteroatoms. The van der Waals surface area contributed by atoms with E-state index in [0.717, 1.165) is 25.9 Å². The Kier molecular flexibility index (Phi) is 2.60. The molecule has 2 amide bonds. The molecular formula is C9H18N2O. The molecule has 1 N–H and O–H groups in total. The number of nitrogens with one attached hydrogen (secondary N) is 1. The molecule has 1 rings (SSSR count). The van der Waals surface area contributed by atoms with Gasteiger partial charge in [0, 0.05) is 18.6 Å². The number of hydrogen-bond donors (Lipinski definition) is 1. The number of rotatable bonds is 3. The standard InChI is InChI=1S/C9H18N2O/c1-4-5-9(2,3)11-7-6-10-8(11)12/h4-7H2,1-3H3,(H,10,12). The van der Waals surface area contributed by atoms with Gasteiger partial charge in [-0.1, -0.05) is 13.3 Å². The first-order valence-corrected chi connectivity index (χ1v) is 4.63. The minimum atomic E-state index is 0.0231. The Bertz CT molecular complexity index is 177. The largest absolute Gasteiger partial charge is 0.336 e. The number of carbonyl (C=O) groups is 1. The van der Waals surface area contributed by atoms with Crippen molar-refractivity contribution in [3.05, 3.63) is 0 Å². The summed E-state index contributed by atoms with van der Waals surface area (Å²) >= 11 is 0. The molecule has 1 aliphatic rings.